The molecule has 0 aliphatic heterocycles. The maximum absolute atomic E-state index is 15.0. The van der Waals surface area contributed by atoms with Crippen LogP contribution < -0.4 is 5.14 Å². The van der Waals surface area contributed by atoms with Crippen LogP contribution in [-0.4, -0.2) is 30.4 Å². The first-order valence-corrected chi connectivity index (χ1v) is 15.7. The van der Waals surface area contributed by atoms with Crippen LogP contribution in [0.3, 0.4) is 0 Å². The lowest BCUT2D eigenvalue weighted by Crippen LogP contribution is -2.22. The van der Waals surface area contributed by atoms with Crippen molar-refractivity contribution in [2.75, 3.05) is 0 Å². The van der Waals surface area contributed by atoms with Gasteiger partial charge in [-0.1, -0.05) is 12.1 Å². The van der Waals surface area contributed by atoms with Gasteiger partial charge in [0.05, 0.1) is 11.4 Å². The fourth-order valence-corrected chi connectivity index (χ4v) is 6.35. The number of benzene rings is 3. The van der Waals surface area contributed by atoms with Crippen LogP contribution in [0.15, 0.2) is 64.9 Å². The van der Waals surface area contributed by atoms with Gasteiger partial charge < -0.3 is 5.11 Å². The third-order valence-electron chi connectivity index (χ3n) is 7.32. The number of aromatic nitrogens is 3. The second-order valence-electron chi connectivity index (χ2n) is 10.5. The van der Waals surface area contributed by atoms with Gasteiger partial charge in [0.15, 0.2) is 23.1 Å². The van der Waals surface area contributed by atoms with E-state index in [1.165, 1.54) is 40.4 Å². The summed E-state index contributed by atoms with van der Waals surface area (Å²) in [4.78, 5) is 15.3. The van der Waals surface area contributed by atoms with Crippen LogP contribution in [0.4, 0.5) is 17.6 Å². The van der Waals surface area contributed by atoms with E-state index in [0.29, 0.717) is 40.4 Å². The summed E-state index contributed by atoms with van der Waals surface area (Å²) in [5.41, 5.74) is 2.38. The Morgan fingerprint density at radius 3 is 2.34 bits per heavy atom. The fourth-order valence-electron chi connectivity index (χ4n) is 4.98. The Morgan fingerprint density at radius 2 is 1.70 bits per heavy atom. The zero-order valence-corrected chi connectivity index (χ0v) is 24.3. The summed E-state index contributed by atoms with van der Waals surface area (Å²) in [6.07, 6.45) is 2.54. The SMILES string of the molecule is N[S+](=O)(O)c1ccc(Cc2c(-c3ccc(F)c(-c4ccc(F)c(F)c4)c3)nn(-c3nc(C(=O)O)cs3)c2CC2CC2)cc1F. The molecule has 1 aliphatic carbocycles. The van der Waals surface area contributed by atoms with Crippen LogP contribution >= 0.6 is 11.3 Å². The van der Waals surface area contributed by atoms with E-state index in [1.807, 2.05) is 0 Å². The van der Waals surface area contributed by atoms with E-state index in [9.17, 15) is 31.8 Å². The minimum absolute atomic E-state index is 0.0101. The molecule has 1 aliphatic rings. The number of rotatable bonds is 9. The van der Waals surface area contributed by atoms with Crippen molar-refractivity contribution in [3.63, 3.8) is 0 Å². The first-order chi connectivity index (χ1) is 20.9. The topological polar surface area (TPSA) is 131 Å². The first-order valence-electron chi connectivity index (χ1n) is 13.3. The van der Waals surface area contributed by atoms with E-state index < -0.39 is 44.5 Å². The van der Waals surface area contributed by atoms with Crippen LogP contribution in [0.2, 0.25) is 0 Å². The van der Waals surface area contributed by atoms with E-state index >= 15 is 4.39 Å². The van der Waals surface area contributed by atoms with E-state index in [-0.39, 0.29) is 28.4 Å². The van der Waals surface area contributed by atoms with Gasteiger partial charge in [0, 0.05) is 34.6 Å². The zero-order chi connectivity index (χ0) is 31.3. The van der Waals surface area contributed by atoms with Crippen molar-refractivity contribution in [2.45, 2.75) is 30.6 Å². The Hall–Kier alpha value is -4.24. The second-order valence-corrected chi connectivity index (χ2v) is 12.9. The minimum Gasteiger partial charge on any atom is -0.476 e. The fraction of sp³-hybridized carbons (Fsp3) is 0.167. The molecule has 0 saturated heterocycles. The number of carboxylic acid groups (broad SMARTS) is 1. The van der Waals surface area contributed by atoms with Crippen molar-refractivity contribution in [3.8, 4) is 27.5 Å². The highest BCUT2D eigenvalue weighted by molar-refractivity contribution is 7.95. The number of nitrogens with two attached hydrogens (primary N) is 1. The molecule has 1 atom stereocenters. The molecule has 1 saturated carbocycles. The molecule has 2 aromatic heterocycles. The van der Waals surface area contributed by atoms with E-state index in [2.05, 4.69) is 4.98 Å². The normalized spacial score (nSPS) is 14.5. The number of hydrogen-bond acceptors (Lipinski definition) is 5. The lowest BCUT2D eigenvalue weighted by molar-refractivity contribution is 0.0691. The Balaban J connectivity index is 1.54. The Bertz CT molecular complexity index is 1980. The third kappa shape index (κ3) is 5.93. The van der Waals surface area contributed by atoms with Crippen molar-refractivity contribution in [1.29, 1.82) is 0 Å². The molecule has 226 valence electrons. The van der Waals surface area contributed by atoms with Crippen LogP contribution in [0.1, 0.15) is 40.2 Å². The van der Waals surface area contributed by atoms with Gasteiger partial charge >= 0.3 is 16.4 Å². The molecular weight excluding hydrogens is 620 g/mol. The van der Waals surface area contributed by atoms with Crippen LogP contribution in [0.25, 0.3) is 27.5 Å². The van der Waals surface area contributed by atoms with E-state index in [4.69, 9.17) is 10.2 Å². The number of aromatic carboxylic acids is 1. The minimum atomic E-state index is -4.05. The highest BCUT2D eigenvalue weighted by Crippen LogP contribution is 2.39. The monoisotopic (exact) mass is 643 g/mol. The molecule has 0 spiro atoms. The summed E-state index contributed by atoms with van der Waals surface area (Å²) in [6.45, 7) is 0. The average molecular weight is 644 g/mol. The Labute approximate surface area is 253 Å². The Kier molecular flexibility index (Phi) is 7.70. The van der Waals surface area contributed by atoms with Gasteiger partial charge in [-0.15, -0.1) is 16.5 Å². The maximum Gasteiger partial charge on any atom is 0.355 e. The zero-order valence-electron chi connectivity index (χ0n) is 22.6. The molecule has 8 nitrogen and oxygen atoms in total. The first kappa shape index (κ1) is 29.8. The van der Waals surface area contributed by atoms with Crippen molar-refractivity contribution in [1.82, 2.24) is 14.8 Å². The van der Waals surface area contributed by atoms with Crippen molar-refractivity contribution in [2.24, 2.45) is 11.1 Å². The molecule has 2 heterocycles. The molecule has 6 rings (SSSR count). The molecule has 14 heteroatoms. The summed E-state index contributed by atoms with van der Waals surface area (Å²) in [7, 11) is -4.05. The van der Waals surface area contributed by atoms with Crippen molar-refractivity contribution < 1.29 is 36.2 Å². The molecule has 1 fully saturated rings. The maximum atomic E-state index is 15.0. The van der Waals surface area contributed by atoms with Crippen LogP contribution in [0.5, 0.6) is 0 Å². The van der Waals surface area contributed by atoms with Gasteiger partial charge in [0.2, 0.25) is 10.0 Å². The summed E-state index contributed by atoms with van der Waals surface area (Å²) in [5.74, 6) is -4.77. The number of thiazole rings is 1. The smallest absolute Gasteiger partial charge is 0.355 e. The molecule has 4 N–H and O–H groups in total. The Morgan fingerprint density at radius 1 is 0.977 bits per heavy atom. The quantitative estimate of drug-likeness (QED) is 0.122. The van der Waals surface area contributed by atoms with Gasteiger partial charge in [-0.25, -0.2) is 32.0 Å². The standard InChI is InChI=1S/C30H22F4N4O4S2/c31-21-6-5-18(12-19(21)17-4-7-22(32)23(33)13-17)28-20(9-16-3-8-27(24(34)10-16)44(35,41)42)26(11-15-1-2-15)38(37-28)30-36-25(14-43-30)29(39)40/h3-8,10,12-15H,1-2,9,11H2,(H3-,35,39,40,41,42)/p+1. The van der Waals surface area contributed by atoms with Crippen LogP contribution in [0, 0.1) is 29.2 Å². The summed E-state index contributed by atoms with van der Waals surface area (Å²) >= 11 is 1.07. The van der Waals surface area contributed by atoms with Crippen molar-refractivity contribution >= 4 is 27.7 Å². The van der Waals surface area contributed by atoms with Crippen LogP contribution in [-0.2, 0) is 27.5 Å². The average Bonchev–Trinajstić information content (AvgIpc) is 3.52. The lowest BCUT2D eigenvalue weighted by Gasteiger charge is -2.10. The highest BCUT2D eigenvalue weighted by atomic mass is 32.3. The van der Waals surface area contributed by atoms with E-state index in [1.54, 1.807) is 0 Å². The number of carboxylic acids is 1. The number of carbonyl (C=O) groups is 1. The van der Waals surface area contributed by atoms with Gasteiger partial charge in [-0.05, 0) is 76.9 Å². The van der Waals surface area contributed by atoms with Crippen molar-refractivity contribution in [3.05, 3.63) is 106 Å². The number of halogens is 4. The van der Waals surface area contributed by atoms with Gasteiger partial charge in [0.1, 0.15) is 5.82 Å². The molecule has 0 amide bonds. The largest absolute Gasteiger partial charge is 0.476 e. The molecule has 0 radical (unpaired) electrons. The lowest BCUT2D eigenvalue weighted by atomic mass is 9.95. The third-order valence-corrected chi connectivity index (χ3v) is 9.10. The van der Waals surface area contributed by atoms with Gasteiger partial charge in [-0.2, -0.15) is 9.65 Å². The molecule has 1 unspecified atom stereocenters. The number of nitrogens with zero attached hydrogens (tertiary/aromatic N) is 3. The second kappa shape index (κ2) is 11.4. The summed E-state index contributed by atoms with van der Waals surface area (Å²) in [6, 6.07) is 10.8. The highest BCUT2D eigenvalue weighted by Gasteiger charge is 2.31. The molecule has 3 aromatic carbocycles. The van der Waals surface area contributed by atoms with Gasteiger partial charge in [-0.3, -0.25) is 0 Å². The summed E-state index contributed by atoms with van der Waals surface area (Å²) < 4.78 is 80.7. The predicted octanol–water partition coefficient (Wildman–Crippen LogP) is 6.67. The van der Waals surface area contributed by atoms with Gasteiger partial charge in [0.25, 0.3) is 0 Å². The predicted molar refractivity (Wildman–Crippen MR) is 156 cm³/mol. The molecule has 44 heavy (non-hydrogen) atoms. The number of hydrogen-bond donors (Lipinski definition) is 3. The molecular formula is C30H23F4N4O4S2+. The molecule has 5 aromatic rings. The molecule has 0 bridgehead atoms. The van der Waals surface area contributed by atoms with E-state index in [0.717, 1.165) is 48.4 Å². The summed E-state index contributed by atoms with van der Waals surface area (Å²) in [5, 5.41) is 21.1.